The maximum Gasteiger partial charge on any atom is 0.164 e. The molecule has 1 aliphatic carbocycles. The lowest BCUT2D eigenvalue weighted by molar-refractivity contribution is 0.660. The Bertz CT molecular complexity index is 3010. The molecular formula is C53H37N5. The van der Waals surface area contributed by atoms with Crippen LogP contribution < -0.4 is 0 Å². The lowest BCUT2D eigenvalue weighted by Gasteiger charge is -2.22. The molecule has 0 bridgehead atoms. The number of nitrogens with zero attached hydrogens (tertiary/aromatic N) is 5. The summed E-state index contributed by atoms with van der Waals surface area (Å²) in [7, 11) is 0. The maximum atomic E-state index is 5.16. The molecule has 5 heteroatoms. The van der Waals surface area contributed by atoms with Gasteiger partial charge >= 0.3 is 0 Å². The van der Waals surface area contributed by atoms with Crippen LogP contribution >= 0.6 is 0 Å². The molecule has 0 saturated carbocycles. The largest absolute Gasteiger partial charge is 0.294 e. The highest BCUT2D eigenvalue weighted by Gasteiger charge is 2.36. The summed E-state index contributed by atoms with van der Waals surface area (Å²) in [5, 5.41) is 2.36. The van der Waals surface area contributed by atoms with Crippen molar-refractivity contribution in [3.05, 3.63) is 199 Å². The lowest BCUT2D eigenvalue weighted by Crippen LogP contribution is -2.15. The van der Waals surface area contributed by atoms with E-state index in [4.69, 9.17) is 19.9 Å². The highest BCUT2D eigenvalue weighted by molar-refractivity contribution is 6.07. The summed E-state index contributed by atoms with van der Waals surface area (Å²) in [6, 6.07) is 64.1. The van der Waals surface area contributed by atoms with Gasteiger partial charge in [0.2, 0.25) is 0 Å². The smallest absolute Gasteiger partial charge is 0.164 e. The van der Waals surface area contributed by atoms with Crippen molar-refractivity contribution >= 4 is 21.9 Å². The predicted octanol–water partition coefficient (Wildman–Crippen LogP) is 13.0. The van der Waals surface area contributed by atoms with E-state index in [1.54, 1.807) is 0 Å². The number of fused-ring (bicyclic) bond motifs is 6. The van der Waals surface area contributed by atoms with Crippen LogP contribution in [0.1, 0.15) is 25.0 Å². The SMILES string of the molecule is CC1(C)c2ccc(-c3nc(-c4ccc(-c5ccccc5)cc4)nc(-c4ccc(-c5ccccc5)cc4)n3)cc2-c2ccc(-n3c4ccccc4c4cccnc43)cc21. The highest BCUT2D eigenvalue weighted by Crippen LogP contribution is 2.50. The summed E-state index contributed by atoms with van der Waals surface area (Å²) < 4.78 is 2.29. The van der Waals surface area contributed by atoms with E-state index in [2.05, 4.69) is 182 Å². The Balaban J connectivity index is 1.02. The topological polar surface area (TPSA) is 56.5 Å². The fourth-order valence-corrected chi connectivity index (χ4v) is 8.72. The Morgan fingerprint density at radius 1 is 0.397 bits per heavy atom. The van der Waals surface area contributed by atoms with Gasteiger partial charge in [-0.2, -0.15) is 0 Å². The van der Waals surface area contributed by atoms with Gasteiger partial charge in [0.15, 0.2) is 17.5 Å². The molecule has 0 atom stereocenters. The summed E-state index contributed by atoms with van der Waals surface area (Å²) in [6.45, 7) is 4.64. The van der Waals surface area contributed by atoms with Gasteiger partial charge in [0, 0.05) is 44.8 Å². The van der Waals surface area contributed by atoms with E-state index in [1.807, 2.05) is 24.4 Å². The summed E-state index contributed by atoms with van der Waals surface area (Å²) in [5.41, 5.74) is 15.4. The van der Waals surface area contributed by atoms with Crippen LogP contribution in [0.3, 0.4) is 0 Å². The molecular weight excluding hydrogens is 707 g/mol. The molecule has 3 heterocycles. The van der Waals surface area contributed by atoms with Crippen molar-refractivity contribution in [3.63, 3.8) is 0 Å². The number of hydrogen-bond donors (Lipinski definition) is 0. The first-order valence-corrected chi connectivity index (χ1v) is 19.7. The van der Waals surface area contributed by atoms with E-state index in [0.29, 0.717) is 17.5 Å². The van der Waals surface area contributed by atoms with E-state index < -0.39 is 0 Å². The van der Waals surface area contributed by atoms with Crippen molar-refractivity contribution in [1.82, 2.24) is 24.5 Å². The summed E-state index contributed by atoms with van der Waals surface area (Å²) in [5.74, 6) is 1.91. The molecule has 0 radical (unpaired) electrons. The molecule has 274 valence electrons. The first kappa shape index (κ1) is 33.8. The van der Waals surface area contributed by atoms with Gasteiger partial charge in [-0.1, -0.05) is 159 Å². The molecule has 10 aromatic rings. The van der Waals surface area contributed by atoms with E-state index >= 15 is 0 Å². The second-order valence-electron chi connectivity index (χ2n) is 15.5. The van der Waals surface area contributed by atoms with Gasteiger partial charge in [0.1, 0.15) is 5.65 Å². The molecule has 0 fully saturated rings. The van der Waals surface area contributed by atoms with E-state index in [9.17, 15) is 0 Å². The standard InChI is InChI=1S/C53H37N5/c1-53(2)46-30-27-40(32-45(46)42-29-28-41(33-47(42)53)58-48-18-10-9-16-43(48)44-17-11-31-54-52(44)58)51-56-49(38-23-19-36(20-24-38)34-12-5-3-6-13-34)55-50(57-51)39-25-21-37(22-26-39)35-14-7-4-8-15-35/h3-33H,1-2H3. The van der Waals surface area contributed by atoms with E-state index in [0.717, 1.165) is 50.1 Å². The minimum absolute atomic E-state index is 0.220. The molecule has 0 N–H and O–H groups in total. The zero-order valence-corrected chi connectivity index (χ0v) is 32.1. The predicted molar refractivity (Wildman–Crippen MR) is 237 cm³/mol. The minimum Gasteiger partial charge on any atom is -0.294 e. The second-order valence-corrected chi connectivity index (χ2v) is 15.5. The number of aromatic nitrogens is 5. The third kappa shape index (κ3) is 5.54. The zero-order chi connectivity index (χ0) is 38.8. The number of benzene rings is 7. The fourth-order valence-electron chi connectivity index (χ4n) is 8.72. The zero-order valence-electron chi connectivity index (χ0n) is 32.1. The van der Waals surface area contributed by atoms with Crippen molar-refractivity contribution in [2.75, 3.05) is 0 Å². The molecule has 0 aliphatic heterocycles. The van der Waals surface area contributed by atoms with Crippen molar-refractivity contribution in [2.24, 2.45) is 0 Å². The molecule has 5 nitrogen and oxygen atoms in total. The Kier molecular flexibility index (Phi) is 7.76. The first-order valence-electron chi connectivity index (χ1n) is 19.7. The van der Waals surface area contributed by atoms with E-state index in [-0.39, 0.29) is 5.41 Å². The van der Waals surface area contributed by atoms with E-state index in [1.165, 1.54) is 38.8 Å². The second kappa shape index (κ2) is 13.3. The van der Waals surface area contributed by atoms with Crippen molar-refractivity contribution in [2.45, 2.75) is 19.3 Å². The molecule has 3 aromatic heterocycles. The molecule has 0 unspecified atom stereocenters. The molecule has 0 saturated heterocycles. The van der Waals surface area contributed by atoms with Gasteiger partial charge in [0.05, 0.1) is 5.52 Å². The highest BCUT2D eigenvalue weighted by atomic mass is 15.0. The van der Waals surface area contributed by atoms with Gasteiger partial charge in [-0.3, -0.25) is 4.57 Å². The van der Waals surface area contributed by atoms with Crippen molar-refractivity contribution in [1.29, 1.82) is 0 Å². The Morgan fingerprint density at radius 2 is 0.914 bits per heavy atom. The van der Waals surface area contributed by atoms with Crippen molar-refractivity contribution in [3.8, 4) is 73.2 Å². The van der Waals surface area contributed by atoms with Gasteiger partial charge in [-0.25, -0.2) is 19.9 Å². The van der Waals surface area contributed by atoms with Crippen LogP contribution in [0.15, 0.2) is 188 Å². The third-order valence-corrected chi connectivity index (χ3v) is 11.7. The van der Waals surface area contributed by atoms with Crippen LogP contribution in [-0.2, 0) is 5.41 Å². The molecule has 0 spiro atoms. The Labute approximate surface area is 337 Å². The number of rotatable bonds is 6. The van der Waals surface area contributed by atoms with Crippen LogP contribution in [0.5, 0.6) is 0 Å². The molecule has 58 heavy (non-hydrogen) atoms. The average molecular weight is 744 g/mol. The van der Waals surface area contributed by atoms with Gasteiger partial charge in [-0.15, -0.1) is 0 Å². The van der Waals surface area contributed by atoms with Gasteiger partial charge in [-0.05, 0) is 80.9 Å². The Morgan fingerprint density at radius 3 is 1.55 bits per heavy atom. The minimum atomic E-state index is -0.220. The quantitative estimate of drug-likeness (QED) is 0.170. The number of para-hydroxylation sites is 1. The van der Waals surface area contributed by atoms with Gasteiger partial charge in [0.25, 0.3) is 0 Å². The van der Waals surface area contributed by atoms with Crippen LogP contribution in [0.25, 0.3) is 95.2 Å². The Hall–Kier alpha value is -7.50. The molecule has 0 amide bonds. The number of pyridine rings is 1. The van der Waals surface area contributed by atoms with Crippen molar-refractivity contribution < 1.29 is 0 Å². The summed E-state index contributed by atoms with van der Waals surface area (Å²) in [4.78, 5) is 20.2. The molecule has 7 aromatic carbocycles. The average Bonchev–Trinajstić information content (AvgIpc) is 3.74. The monoisotopic (exact) mass is 743 g/mol. The fraction of sp³-hybridized carbons (Fsp3) is 0.0566. The summed E-state index contributed by atoms with van der Waals surface area (Å²) in [6.07, 6.45) is 1.88. The molecule has 1 aliphatic rings. The maximum absolute atomic E-state index is 5.16. The summed E-state index contributed by atoms with van der Waals surface area (Å²) >= 11 is 0. The number of hydrogen-bond acceptors (Lipinski definition) is 4. The van der Waals surface area contributed by atoms with Gasteiger partial charge < -0.3 is 0 Å². The van der Waals surface area contributed by atoms with Crippen LogP contribution in [0.4, 0.5) is 0 Å². The van der Waals surface area contributed by atoms with Crippen LogP contribution in [-0.4, -0.2) is 24.5 Å². The normalized spacial score (nSPS) is 12.8. The third-order valence-electron chi connectivity index (χ3n) is 11.7. The first-order chi connectivity index (χ1) is 28.5. The lowest BCUT2D eigenvalue weighted by atomic mass is 9.82. The van der Waals surface area contributed by atoms with Crippen LogP contribution in [0, 0.1) is 0 Å². The van der Waals surface area contributed by atoms with Crippen LogP contribution in [0.2, 0.25) is 0 Å². The molecule has 11 rings (SSSR count).